The molecule has 0 spiro atoms. The minimum atomic E-state index is 0.761. The van der Waals surface area contributed by atoms with E-state index in [4.69, 9.17) is 0 Å². The number of nitrogens with zero attached hydrogens (tertiary/aromatic N) is 1. The lowest BCUT2D eigenvalue weighted by atomic mass is 9.91. The zero-order chi connectivity index (χ0) is 14.8. The molecule has 1 aromatic carbocycles. The lowest BCUT2D eigenvalue weighted by Crippen LogP contribution is -2.16. The maximum atomic E-state index is 10.8. The van der Waals surface area contributed by atoms with Crippen molar-refractivity contribution in [2.24, 2.45) is 0 Å². The quantitative estimate of drug-likeness (QED) is 0.606. The highest BCUT2D eigenvalue weighted by Gasteiger charge is 2.28. The fourth-order valence-corrected chi connectivity index (χ4v) is 4.40. The predicted molar refractivity (Wildman–Crippen MR) is 89.9 cm³/mol. The molecule has 0 bridgehead atoms. The van der Waals surface area contributed by atoms with E-state index in [1.54, 1.807) is 5.56 Å². The Balaban J connectivity index is 2.01. The second-order valence-electron chi connectivity index (χ2n) is 5.64. The minimum absolute atomic E-state index is 0.761. The number of carbonyl (C=O) groups excluding carboxylic acids is 1. The van der Waals surface area contributed by atoms with Gasteiger partial charge in [-0.05, 0) is 68.4 Å². The molecule has 0 fully saturated rings. The van der Waals surface area contributed by atoms with Gasteiger partial charge in [0.25, 0.3) is 0 Å². The molecule has 1 aliphatic carbocycles. The van der Waals surface area contributed by atoms with Crippen LogP contribution in [0, 0.1) is 0 Å². The van der Waals surface area contributed by atoms with E-state index in [1.165, 1.54) is 46.9 Å². The van der Waals surface area contributed by atoms with Gasteiger partial charge >= 0.3 is 0 Å². The summed E-state index contributed by atoms with van der Waals surface area (Å²) in [4.78, 5) is 14.5. The molecule has 0 saturated heterocycles. The third-order valence-corrected chi connectivity index (χ3v) is 5.44. The summed E-state index contributed by atoms with van der Waals surface area (Å²) < 4.78 is 0. The highest BCUT2D eigenvalue weighted by atomic mass is 32.2. The molecule has 0 N–H and O–H groups in total. The summed E-state index contributed by atoms with van der Waals surface area (Å²) in [5.74, 6) is 0. The van der Waals surface area contributed by atoms with Gasteiger partial charge in [-0.15, -0.1) is 0 Å². The van der Waals surface area contributed by atoms with Crippen molar-refractivity contribution in [2.45, 2.75) is 44.4 Å². The number of thioether (sulfide) groups is 1. The third-order valence-electron chi connectivity index (χ3n) is 4.21. The van der Waals surface area contributed by atoms with Gasteiger partial charge in [-0.25, -0.2) is 0 Å². The molecular formula is C18H21NOS. The van der Waals surface area contributed by atoms with Gasteiger partial charge in [0.2, 0.25) is 0 Å². The molecule has 0 saturated carbocycles. The monoisotopic (exact) mass is 299 g/mol. The van der Waals surface area contributed by atoms with Crippen molar-refractivity contribution in [3.63, 3.8) is 0 Å². The first-order chi connectivity index (χ1) is 10.2. The molecule has 0 amide bonds. The lowest BCUT2D eigenvalue weighted by molar-refractivity contribution is -0.104. The Bertz CT molecular complexity index is 630. The second kappa shape index (κ2) is 6.10. The fourth-order valence-electron chi connectivity index (χ4n) is 3.08. The molecule has 1 aromatic rings. The van der Waals surface area contributed by atoms with Gasteiger partial charge < -0.3 is 4.90 Å². The first-order valence-electron chi connectivity index (χ1n) is 7.68. The van der Waals surface area contributed by atoms with Crippen LogP contribution in [-0.2, 0) is 17.6 Å². The Morgan fingerprint density at radius 3 is 2.90 bits per heavy atom. The molecule has 0 aromatic heterocycles. The summed E-state index contributed by atoms with van der Waals surface area (Å²) in [6.45, 7) is 4.98. The molecule has 21 heavy (non-hydrogen) atoms. The molecule has 3 heteroatoms. The number of anilines is 1. The largest absolute Gasteiger partial charge is 0.335 e. The zero-order valence-electron chi connectivity index (χ0n) is 12.7. The molecule has 0 radical (unpaired) electrons. The van der Waals surface area contributed by atoms with Gasteiger partial charge in [0.1, 0.15) is 6.29 Å². The van der Waals surface area contributed by atoms with Crippen LogP contribution in [0.15, 0.2) is 39.8 Å². The fraction of sp³-hybridized carbons (Fsp3) is 0.389. The van der Waals surface area contributed by atoms with Crippen molar-refractivity contribution < 1.29 is 4.79 Å². The maximum Gasteiger partial charge on any atom is 0.145 e. The van der Waals surface area contributed by atoms with Gasteiger partial charge in [0, 0.05) is 11.4 Å². The van der Waals surface area contributed by atoms with Crippen molar-refractivity contribution >= 4 is 23.7 Å². The van der Waals surface area contributed by atoms with Crippen LogP contribution in [0.4, 0.5) is 5.69 Å². The Morgan fingerprint density at radius 1 is 1.33 bits per heavy atom. The Hall–Kier alpha value is -1.48. The first-order valence-corrected chi connectivity index (χ1v) is 8.50. The van der Waals surface area contributed by atoms with Crippen molar-refractivity contribution in [2.75, 3.05) is 11.4 Å². The lowest BCUT2D eigenvalue weighted by Gasteiger charge is -2.21. The number of aldehydes is 1. The van der Waals surface area contributed by atoms with Crippen LogP contribution in [0.5, 0.6) is 0 Å². The summed E-state index contributed by atoms with van der Waals surface area (Å²) in [6, 6.07) is 4.58. The van der Waals surface area contributed by atoms with Crippen LogP contribution < -0.4 is 4.90 Å². The average molecular weight is 299 g/mol. The van der Waals surface area contributed by atoms with Crippen molar-refractivity contribution in [1.82, 2.24) is 0 Å². The molecule has 0 atom stereocenters. The highest BCUT2D eigenvalue weighted by Crippen LogP contribution is 2.49. The standard InChI is InChI=1S/C18H21NOS/c1-3-19-16-10-9-14-6-4-5-7-15(14)18(16)21-17(19)11-8-13(2)12-20/h8-12H,3-7H2,1-2H3/b13-8+,17-11-. The molecule has 2 nitrogen and oxygen atoms in total. The van der Waals surface area contributed by atoms with Crippen LogP contribution in [0.1, 0.15) is 37.8 Å². The minimum Gasteiger partial charge on any atom is -0.335 e. The number of rotatable bonds is 3. The molecule has 1 heterocycles. The Labute approximate surface area is 130 Å². The SMILES string of the molecule is CCN1/C(=C/C=C(\C)C=O)Sc2c1ccc1c2CCCC1. The molecular weight excluding hydrogens is 278 g/mol. The number of allylic oxidation sites excluding steroid dienone is 3. The third kappa shape index (κ3) is 2.67. The van der Waals surface area contributed by atoms with Crippen LogP contribution in [0.3, 0.4) is 0 Å². The number of aryl methyl sites for hydroxylation is 1. The predicted octanol–water partition coefficient (Wildman–Crippen LogP) is 4.48. The van der Waals surface area contributed by atoms with Gasteiger partial charge in [-0.2, -0.15) is 0 Å². The zero-order valence-corrected chi connectivity index (χ0v) is 13.5. The number of benzene rings is 1. The maximum absolute atomic E-state index is 10.8. The summed E-state index contributed by atoms with van der Waals surface area (Å²) in [6.07, 6.45) is 9.95. The first kappa shape index (κ1) is 14.5. The van der Waals surface area contributed by atoms with E-state index in [1.807, 2.05) is 24.8 Å². The smallest absolute Gasteiger partial charge is 0.145 e. The molecule has 2 aliphatic rings. The summed E-state index contributed by atoms with van der Waals surface area (Å²) in [7, 11) is 0. The van der Waals surface area contributed by atoms with Crippen LogP contribution in [0.25, 0.3) is 0 Å². The van der Waals surface area contributed by atoms with E-state index in [2.05, 4.69) is 30.0 Å². The van der Waals surface area contributed by atoms with Crippen LogP contribution >= 0.6 is 11.8 Å². The second-order valence-corrected chi connectivity index (χ2v) is 6.67. The van der Waals surface area contributed by atoms with Crippen LogP contribution in [0.2, 0.25) is 0 Å². The number of hydrogen-bond donors (Lipinski definition) is 0. The summed E-state index contributed by atoms with van der Waals surface area (Å²) in [5.41, 5.74) is 5.19. The van der Waals surface area contributed by atoms with Crippen molar-refractivity contribution in [1.29, 1.82) is 0 Å². The molecule has 1 aliphatic heterocycles. The van der Waals surface area contributed by atoms with Gasteiger partial charge in [0.05, 0.1) is 10.7 Å². The van der Waals surface area contributed by atoms with Gasteiger partial charge in [-0.3, -0.25) is 4.79 Å². The highest BCUT2D eigenvalue weighted by molar-refractivity contribution is 8.03. The molecule has 3 rings (SSSR count). The van der Waals surface area contributed by atoms with E-state index >= 15 is 0 Å². The average Bonchev–Trinajstić information content (AvgIpc) is 2.90. The van der Waals surface area contributed by atoms with Crippen LogP contribution in [-0.4, -0.2) is 12.8 Å². The van der Waals surface area contributed by atoms with E-state index in [-0.39, 0.29) is 0 Å². The molecule has 110 valence electrons. The summed E-state index contributed by atoms with van der Waals surface area (Å²) in [5, 5.41) is 1.23. The summed E-state index contributed by atoms with van der Waals surface area (Å²) >= 11 is 1.86. The van der Waals surface area contributed by atoms with E-state index in [0.717, 1.165) is 18.4 Å². The van der Waals surface area contributed by atoms with Gasteiger partial charge in [-0.1, -0.05) is 23.9 Å². The Kier molecular flexibility index (Phi) is 4.20. The van der Waals surface area contributed by atoms with E-state index in [0.29, 0.717) is 0 Å². The normalized spacial score (nSPS) is 19.6. The Morgan fingerprint density at radius 2 is 2.14 bits per heavy atom. The van der Waals surface area contributed by atoms with E-state index < -0.39 is 0 Å². The number of fused-ring (bicyclic) bond motifs is 3. The van der Waals surface area contributed by atoms with Gasteiger partial charge in [0.15, 0.2) is 0 Å². The van der Waals surface area contributed by atoms with Crippen molar-refractivity contribution in [3.05, 3.63) is 46.0 Å². The number of carbonyl (C=O) groups is 1. The van der Waals surface area contributed by atoms with E-state index in [9.17, 15) is 4.79 Å². The molecule has 0 unspecified atom stereocenters. The number of hydrogen-bond acceptors (Lipinski definition) is 3. The van der Waals surface area contributed by atoms with Crippen molar-refractivity contribution in [3.8, 4) is 0 Å². The topological polar surface area (TPSA) is 20.3 Å².